The average molecular weight is 399 g/mol. The summed E-state index contributed by atoms with van der Waals surface area (Å²) in [4.78, 5) is 13.0. The molecule has 4 rings (SSSR count). The summed E-state index contributed by atoms with van der Waals surface area (Å²) in [5.41, 5.74) is 0.580. The smallest absolute Gasteiger partial charge is 0.287 e. The highest BCUT2D eigenvalue weighted by atomic mass is 19.1. The van der Waals surface area contributed by atoms with Crippen LogP contribution in [0, 0.1) is 11.6 Å². The number of carbonyl (C=O) groups is 1. The highest BCUT2D eigenvalue weighted by molar-refractivity contribution is 5.99. The summed E-state index contributed by atoms with van der Waals surface area (Å²) in [6.07, 6.45) is 2.97. The molecule has 4 nitrogen and oxygen atoms in total. The Morgan fingerprint density at radius 1 is 1.10 bits per heavy atom. The third kappa shape index (κ3) is 3.53. The minimum Gasteiger partial charge on any atom is -0.451 e. The molecule has 0 saturated heterocycles. The van der Waals surface area contributed by atoms with E-state index in [1.54, 1.807) is 13.2 Å². The molecule has 1 aliphatic rings. The van der Waals surface area contributed by atoms with Crippen molar-refractivity contribution < 1.29 is 22.7 Å². The molecule has 1 amide bonds. The van der Waals surface area contributed by atoms with Crippen LogP contribution in [0.3, 0.4) is 0 Å². The van der Waals surface area contributed by atoms with E-state index >= 15 is 0 Å². The molecule has 2 aromatic carbocycles. The summed E-state index contributed by atoms with van der Waals surface area (Å²) in [6, 6.07) is 11.3. The van der Waals surface area contributed by atoms with Crippen LogP contribution >= 0.6 is 0 Å². The first-order valence-corrected chi connectivity index (χ1v) is 9.78. The van der Waals surface area contributed by atoms with Gasteiger partial charge in [0.05, 0.1) is 6.61 Å². The molecule has 3 aromatic rings. The normalized spacial score (nSPS) is 15.7. The second kappa shape index (κ2) is 7.95. The maximum absolute atomic E-state index is 14.5. The van der Waals surface area contributed by atoms with Gasteiger partial charge < -0.3 is 14.5 Å². The zero-order chi connectivity index (χ0) is 20.4. The molecule has 1 fully saturated rings. The number of carbonyl (C=O) groups excluding carboxylic acids is 1. The number of methoxy groups -OCH3 is 1. The fraction of sp³-hybridized carbons (Fsp3) is 0.348. The Balaban J connectivity index is 1.63. The maximum Gasteiger partial charge on any atom is 0.287 e. The molecule has 0 bridgehead atoms. The molecule has 0 aliphatic heterocycles. The molecular weight excluding hydrogens is 376 g/mol. The molecule has 1 heterocycles. The SMILES string of the molecule is COCc1c(C(=O)NCC2(c3c(F)cccc3F)CCCC2)oc2ccccc12. The predicted octanol–water partition coefficient (Wildman–Crippen LogP) is 5.10. The third-order valence-corrected chi connectivity index (χ3v) is 5.83. The largest absolute Gasteiger partial charge is 0.451 e. The van der Waals surface area contributed by atoms with E-state index in [-0.39, 0.29) is 24.5 Å². The van der Waals surface area contributed by atoms with Gasteiger partial charge in [-0.3, -0.25) is 4.79 Å². The highest BCUT2D eigenvalue weighted by Crippen LogP contribution is 2.43. The van der Waals surface area contributed by atoms with Crippen LogP contribution in [0.2, 0.25) is 0 Å². The fourth-order valence-electron chi connectivity index (χ4n) is 4.47. The summed E-state index contributed by atoms with van der Waals surface area (Å²) >= 11 is 0. The number of para-hydroxylation sites is 1. The quantitative estimate of drug-likeness (QED) is 0.627. The van der Waals surface area contributed by atoms with E-state index < -0.39 is 23.0 Å². The minimum absolute atomic E-state index is 0.0690. The molecule has 1 N–H and O–H groups in total. The van der Waals surface area contributed by atoms with E-state index in [1.807, 2.05) is 18.2 Å². The van der Waals surface area contributed by atoms with Crippen molar-refractivity contribution in [1.29, 1.82) is 0 Å². The Bertz CT molecular complexity index is 1020. The number of hydrogen-bond donors (Lipinski definition) is 1. The predicted molar refractivity (Wildman–Crippen MR) is 106 cm³/mol. The van der Waals surface area contributed by atoms with E-state index in [9.17, 15) is 13.6 Å². The van der Waals surface area contributed by atoms with Crippen LogP contribution in [0.1, 0.15) is 47.4 Å². The van der Waals surface area contributed by atoms with Gasteiger partial charge >= 0.3 is 0 Å². The van der Waals surface area contributed by atoms with Gasteiger partial charge in [0.1, 0.15) is 17.2 Å². The Morgan fingerprint density at radius 2 is 1.79 bits per heavy atom. The number of amides is 1. The van der Waals surface area contributed by atoms with Gasteiger partial charge in [0, 0.05) is 35.6 Å². The van der Waals surface area contributed by atoms with E-state index in [1.165, 1.54) is 18.2 Å². The number of halogens is 2. The first-order chi connectivity index (χ1) is 14.1. The number of hydrogen-bond acceptors (Lipinski definition) is 3. The van der Waals surface area contributed by atoms with Gasteiger partial charge in [0.2, 0.25) is 0 Å². The van der Waals surface area contributed by atoms with Crippen molar-refractivity contribution in [2.45, 2.75) is 37.7 Å². The lowest BCUT2D eigenvalue weighted by atomic mass is 9.78. The van der Waals surface area contributed by atoms with E-state index in [0.717, 1.165) is 18.2 Å². The van der Waals surface area contributed by atoms with Crippen molar-refractivity contribution in [2.24, 2.45) is 0 Å². The molecule has 6 heteroatoms. The van der Waals surface area contributed by atoms with Crippen LogP contribution in [-0.4, -0.2) is 19.6 Å². The van der Waals surface area contributed by atoms with Crippen LogP contribution in [0.4, 0.5) is 8.78 Å². The topological polar surface area (TPSA) is 51.5 Å². The third-order valence-electron chi connectivity index (χ3n) is 5.83. The van der Waals surface area contributed by atoms with Crippen LogP contribution in [0.5, 0.6) is 0 Å². The van der Waals surface area contributed by atoms with Gasteiger partial charge in [-0.2, -0.15) is 0 Å². The van der Waals surface area contributed by atoms with E-state index in [2.05, 4.69) is 5.32 Å². The number of rotatable bonds is 6. The second-order valence-corrected chi connectivity index (χ2v) is 7.61. The summed E-state index contributed by atoms with van der Waals surface area (Å²) < 4.78 is 40.0. The second-order valence-electron chi connectivity index (χ2n) is 7.61. The van der Waals surface area contributed by atoms with Gasteiger partial charge in [-0.25, -0.2) is 8.78 Å². The Kier molecular flexibility index (Phi) is 5.37. The molecule has 0 atom stereocenters. The van der Waals surface area contributed by atoms with Crippen molar-refractivity contribution in [1.82, 2.24) is 5.32 Å². The molecule has 1 aromatic heterocycles. The van der Waals surface area contributed by atoms with Crippen molar-refractivity contribution >= 4 is 16.9 Å². The first-order valence-electron chi connectivity index (χ1n) is 9.78. The van der Waals surface area contributed by atoms with Crippen LogP contribution in [0.15, 0.2) is 46.9 Å². The zero-order valence-corrected chi connectivity index (χ0v) is 16.3. The Hall–Kier alpha value is -2.73. The standard InChI is InChI=1S/C23H23F2NO3/c1-28-13-16-15-7-2-3-10-19(15)29-21(16)22(27)26-14-23(11-4-5-12-23)20-17(24)8-6-9-18(20)25/h2-3,6-10H,4-5,11-14H2,1H3,(H,26,27). The number of furan rings is 1. The summed E-state index contributed by atoms with van der Waals surface area (Å²) in [7, 11) is 1.55. The van der Waals surface area contributed by atoms with E-state index in [4.69, 9.17) is 9.15 Å². The molecular formula is C23H23F2NO3. The van der Waals surface area contributed by atoms with Crippen molar-refractivity contribution in [3.05, 3.63) is 71.0 Å². The fourth-order valence-corrected chi connectivity index (χ4v) is 4.47. The summed E-state index contributed by atoms with van der Waals surface area (Å²) in [5, 5.41) is 3.69. The number of ether oxygens (including phenoxy) is 1. The lowest BCUT2D eigenvalue weighted by molar-refractivity contribution is 0.0910. The Morgan fingerprint density at radius 3 is 2.48 bits per heavy atom. The van der Waals surface area contributed by atoms with Gasteiger partial charge in [0.25, 0.3) is 5.91 Å². The van der Waals surface area contributed by atoms with Crippen molar-refractivity contribution in [3.63, 3.8) is 0 Å². The number of nitrogens with one attached hydrogen (secondary N) is 1. The maximum atomic E-state index is 14.5. The van der Waals surface area contributed by atoms with E-state index in [0.29, 0.717) is 24.0 Å². The van der Waals surface area contributed by atoms with Crippen LogP contribution in [-0.2, 0) is 16.8 Å². The monoisotopic (exact) mass is 399 g/mol. The van der Waals surface area contributed by atoms with Crippen molar-refractivity contribution in [3.8, 4) is 0 Å². The molecule has 0 spiro atoms. The summed E-state index contributed by atoms with van der Waals surface area (Å²) in [6.45, 7) is 0.375. The summed E-state index contributed by atoms with van der Waals surface area (Å²) in [5.74, 6) is -1.36. The minimum atomic E-state index is -0.751. The average Bonchev–Trinajstić information content (AvgIpc) is 3.32. The Labute approximate surface area is 167 Å². The molecule has 1 saturated carbocycles. The number of benzene rings is 2. The van der Waals surface area contributed by atoms with Crippen LogP contribution in [0.25, 0.3) is 11.0 Å². The molecule has 0 radical (unpaired) electrons. The first kappa shape index (κ1) is 19.6. The lowest BCUT2D eigenvalue weighted by Gasteiger charge is -2.30. The van der Waals surface area contributed by atoms with Gasteiger partial charge in [-0.1, -0.05) is 37.1 Å². The van der Waals surface area contributed by atoms with Gasteiger partial charge in [-0.05, 0) is 31.0 Å². The van der Waals surface area contributed by atoms with Crippen LogP contribution < -0.4 is 5.32 Å². The molecule has 1 aliphatic carbocycles. The number of fused-ring (bicyclic) bond motifs is 1. The van der Waals surface area contributed by atoms with Gasteiger partial charge in [0.15, 0.2) is 5.76 Å². The van der Waals surface area contributed by atoms with Crippen molar-refractivity contribution in [2.75, 3.05) is 13.7 Å². The molecule has 29 heavy (non-hydrogen) atoms. The zero-order valence-electron chi connectivity index (χ0n) is 16.3. The molecule has 152 valence electrons. The molecule has 0 unspecified atom stereocenters. The van der Waals surface area contributed by atoms with Gasteiger partial charge in [-0.15, -0.1) is 0 Å². The lowest BCUT2D eigenvalue weighted by Crippen LogP contribution is -2.40. The highest BCUT2D eigenvalue weighted by Gasteiger charge is 2.40.